The van der Waals surface area contributed by atoms with Crippen LogP contribution in [0.5, 0.6) is 0 Å². The summed E-state index contributed by atoms with van der Waals surface area (Å²) in [7, 11) is 0. The van der Waals surface area contributed by atoms with Gasteiger partial charge in [-0.2, -0.15) is 0 Å². The molecule has 0 aliphatic rings. The Balaban J connectivity index is 2.13. The molecule has 0 spiro atoms. The number of nitrogens with zero attached hydrogens (tertiary/aromatic N) is 2. The topological polar surface area (TPSA) is 86.3 Å². The number of nitro groups is 2. The third kappa shape index (κ3) is 5.03. The molecule has 3 aromatic carbocycles. The Morgan fingerprint density at radius 2 is 1.31 bits per heavy atom. The van der Waals surface area contributed by atoms with Crippen LogP contribution in [0.2, 0.25) is 0 Å². The highest BCUT2D eigenvalue weighted by Crippen LogP contribution is 2.34. The summed E-state index contributed by atoms with van der Waals surface area (Å²) in [5.74, 6) is 0. The monoisotopic (exact) mass is 450 g/mol. The maximum atomic E-state index is 11.5. The molecular weight excluding hydrogens is 436 g/mol. The molecule has 29 heavy (non-hydrogen) atoms. The molecule has 0 atom stereocenters. The van der Waals surface area contributed by atoms with Crippen molar-refractivity contribution in [2.24, 2.45) is 0 Å². The molecule has 0 amide bonds. The maximum absolute atomic E-state index is 11.5. The largest absolute Gasteiger partial charge is 0.283 e. The zero-order chi connectivity index (χ0) is 20.8. The summed E-state index contributed by atoms with van der Waals surface area (Å²) < 4.78 is 0.632. The van der Waals surface area contributed by atoms with Crippen LogP contribution >= 0.6 is 15.9 Å². The van der Waals surface area contributed by atoms with Crippen LogP contribution in [0, 0.1) is 20.2 Å². The van der Waals surface area contributed by atoms with Crippen molar-refractivity contribution in [2.75, 3.05) is 0 Å². The van der Waals surface area contributed by atoms with Crippen molar-refractivity contribution < 1.29 is 9.85 Å². The van der Waals surface area contributed by atoms with Gasteiger partial charge in [0.05, 0.1) is 27.0 Å². The smallest absolute Gasteiger partial charge is 0.258 e. The van der Waals surface area contributed by atoms with Gasteiger partial charge >= 0.3 is 0 Å². The first-order chi connectivity index (χ1) is 14.0. The third-order valence-electron chi connectivity index (χ3n) is 4.16. The normalized spacial score (nSPS) is 11.6. The minimum absolute atomic E-state index is 0.268. The van der Waals surface area contributed by atoms with Crippen LogP contribution in [0.1, 0.15) is 22.3 Å². The van der Waals surface area contributed by atoms with Gasteiger partial charge in [0.1, 0.15) is 0 Å². The number of hydrogen-bond acceptors (Lipinski definition) is 4. The first-order valence-electron chi connectivity index (χ1n) is 8.58. The molecule has 0 aromatic heterocycles. The van der Waals surface area contributed by atoms with E-state index < -0.39 is 9.85 Å². The number of rotatable bonds is 6. The van der Waals surface area contributed by atoms with E-state index in [0.717, 1.165) is 17.2 Å². The second kappa shape index (κ2) is 9.07. The number of halogens is 1. The molecule has 3 aromatic rings. The van der Waals surface area contributed by atoms with Crippen LogP contribution in [-0.2, 0) is 0 Å². The van der Waals surface area contributed by atoms with E-state index in [0.29, 0.717) is 4.48 Å². The SMILES string of the molecule is O=[N+]([O-])c1cc([N+](=O)[O-])c(/C=C/c2ccccc2)cc1/C=C(\Br)c1ccccc1. The fourth-order valence-corrected chi connectivity index (χ4v) is 3.26. The van der Waals surface area contributed by atoms with E-state index in [1.54, 1.807) is 18.2 Å². The summed E-state index contributed by atoms with van der Waals surface area (Å²) in [6.45, 7) is 0. The Kier molecular flexibility index (Phi) is 6.31. The predicted molar refractivity (Wildman–Crippen MR) is 118 cm³/mol. The second-order valence-corrected chi connectivity index (χ2v) is 6.94. The fourth-order valence-electron chi connectivity index (χ4n) is 2.74. The standard InChI is InChI=1S/C22H15BrN2O4/c23-20(17-9-5-2-6-10-17)14-19-13-18(12-11-16-7-3-1-4-8-16)21(24(26)27)15-22(19)25(28)29/h1-15H/b12-11+,20-14-. The van der Waals surface area contributed by atoms with Gasteiger partial charge in [-0.05, 0) is 29.3 Å². The van der Waals surface area contributed by atoms with Crippen molar-refractivity contribution in [2.45, 2.75) is 0 Å². The lowest BCUT2D eigenvalue weighted by molar-refractivity contribution is -0.394. The Morgan fingerprint density at radius 1 is 0.759 bits per heavy atom. The molecule has 0 fully saturated rings. The molecule has 0 aliphatic carbocycles. The highest BCUT2D eigenvalue weighted by atomic mass is 79.9. The van der Waals surface area contributed by atoms with Crippen LogP contribution in [0.4, 0.5) is 11.4 Å². The van der Waals surface area contributed by atoms with E-state index in [9.17, 15) is 20.2 Å². The van der Waals surface area contributed by atoms with Gasteiger partial charge in [-0.3, -0.25) is 20.2 Å². The van der Waals surface area contributed by atoms with Crippen LogP contribution < -0.4 is 0 Å². The molecule has 0 heterocycles. The number of benzene rings is 3. The summed E-state index contributed by atoms with van der Waals surface area (Å²) in [6, 6.07) is 21.0. The fraction of sp³-hybridized carbons (Fsp3) is 0. The Hall–Kier alpha value is -3.58. The molecule has 3 rings (SSSR count). The van der Waals surface area contributed by atoms with Crippen molar-refractivity contribution >= 4 is 50.0 Å². The molecule has 0 saturated heterocycles. The molecule has 0 bridgehead atoms. The summed E-state index contributed by atoms with van der Waals surface area (Å²) in [4.78, 5) is 21.8. The zero-order valence-corrected chi connectivity index (χ0v) is 16.7. The van der Waals surface area contributed by atoms with Crippen LogP contribution in [0.25, 0.3) is 22.7 Å². The van der Waals surface area contributed by atoms with Gasteiger partial charge < -0.3 is 0 Å². The van der Waals surface area contributed by atoms with Crippen LogP contribution in [0.3, 0.4) is 0 Å². The average molecular weight is 451 g/mol. The van der Waals surface area contributed by atoms with Crippen molar-refractivity contribution in [3.8, 4) is 0 Å². The Bertz CT molecular complexity index is 1110. The predicted octanol–water partition coefficient (Wildman–Crippen LogP) is 6.57. The lowest BCUT2D eigenvalue weighted by atomic mass is 10.0. The average Bonchev–Trinajstić information content (AvgIpc) is 2.73. The van der Waals surface area contributed by atoms with Crippen LogP contribution in [-0.4, -0.2) is 9.85 Å². The van der Waals surface area contributed by atoms with Crippen molar-refractivity contribution in [3.05, 3.63) is 115 Å². The van der Waals surface area contributed by atoms with Crippen molar-refractivity contribution in [1.82, 2.24) is 0 Å². The molecule has 0 aliphatic heterocycles. The molecule has 0 radical (unpaired) electrons. The van der Waals surface area contributed by atoms with E-state index in [1.807, 2.05) is 60.7 Å². The second-order valence-electron chi connectivity index (χ2n) is 6.09. The summed E-state index contributed by atoms with van der Waals surface area (Å²) in [5, 5.41) is 23.0. The lowest BCUT2D eigenvalue weighted by Crippen LogP contribution is -1.98. The van der Waals surface area contributed by atoms with Gasteiger partial charge in [0.15, 0.2) is 0 Å². The first kappa shape index (κ1) is 20.2. The van der Waals surface area contributed by atoms with Gasteiger partial charge in [0.25, 0.3) is 11.4 Å². The van der Waals surface area contributed by atoms with Gasteiger partial charge in [-0.25, -0.2) is 0 Å². The summed E-state index contributed by atoms with van der Waals surface area (Å²) in [6.07, 6.45) is 4.91. The van der Waals surface area contributed by atoms with Crippen LogP contribution in [0.15, 0.2) is 72.8 Å². The quantitative estimate of drug-likeness (QED) is 0.241. The van der Waals surface area contributed by atoms with E-state index in [1.165, 1.54) is 6.07 Å². The molecular formula is C22H15BrN2O4. The maximum Gasteiger partial charge on any atom is 0.283 e. The van der Waals surface area contributed by atoms with Gasteiger partial charge in [0.2, 0.25) is 0 Å². The molecule has 7 heteroatoms. The summed E-state index contributed by atoms with van der Waals surface area (Å²) in [5.41, 5.74) is 1.59. The Labute approximate surface area is 175 Å². The van der Waals surface area contributed by atoms with Gasteiger partial charge in [0, 0.05) is 4.48 Å². The van der Waals surface area contributed by atoms with Gasteiger partial charge in [-0.15, -0.1) is 0 Å². The molecule has 0 saturated carbocycles. The minimum atomic E-state index is -0.616. The Morgan fingerprint density at radius 3 is 1.90 bits per heavy atom. The number of nitro benzene ring substituents is 2. The van der Waals surface area contributed by atoms with Crippen molar-refractivity contribution in [3.63, 3.8) is 0 Å². The van der Waals surface area contributed by atoms with E-state index in [4.69, 9.17) is 0 Å². The first-order valence-corrected chi connectivity index (χ1v) is 9.37. The lowest BCUT2D eigenvalue weighted by Gasteiger charge is -2.05. The molecule has 6 nitrogen and oxygen atoms in total. The third-order valence-corrected chi connectivity index (χ3v) is 4.84. The molecule has 144 valence electrons. The van der Waals surface area contributed by atoms with E-state index in [2.05, 4.69) is 15.9 Å². The highest BCUT2D eigenvalue weighted by molar-refractivity contribution is 9.15. The van der Waals surface area contributed by atoms with E-state index in [-0.39, 0.29) is 22.5 Å². The zero-order valence-electron chi connectivity index (χ0n) is 15.1. The van der Waals surface area contributed by atoms with Crippen molar-refractivity contribution in [1.29, 1.82) is 0 Å². The summed E-state index contributed by atoms with van der Waals surface area (Å²) >= 11 is 3.44. The van der Waals surface area contributed by atoms with E-state index >= 15 is 0 Å². The molecule has 0 N–H and O–H groups in total. The minimum Gasteiger partial charge on any atom is -0.258 e. The van der Waals surface area contributed by atoms with Gasteiger partial charge in [-0.1, -0.05) is 82.7 Å². The highest BCUT2D eigenvalue weighted by Gasteiger charge is 2.22. The molecule has 0 unspecified atom stereocenters. The number of hydrogen-bond donors (Lipinski definition) is 0.